The van der Waals surface area contributed by atoms with E-state index in [1.54, 1.807) is 32.4 Å². The first-order chi connectivity index (χ1) is 21.3. The number of piperazine rings is 1. The van der Waals surface area contributed by atoms with Gasteiger partial charge in [-0.15, -0.1) is 0 Å². The van der Waals surface area contributed by atoms with Crippen molar-refractivity contribution in [2.75, 3.05) is 40.6 Å². The molecule has 0 radical (unpaired) electrons. The van der Waals surface area contributed by atoms with Crippen LogP contribution >= 0.6 is 0 Å². The van der Waals surface area contributed by atoms with Gasteiger partial charge in [-0.2, -0.15) is 0 Å². The Hall–Kier alpha value is -3.46. The number of nitrogens with one attached hydrogen (secondary N) is 1. The number of hydrogen-bond acceptors (Lipinski definition) is 8. The summed E-state index contributed by atoms with van der Waals surface area (Å²) >= 11 is 0. The molecule has 0 aromatic heterocycles. The van der Waals surface area contributed by atoms with Crippen LogP contribution in [0.3, 0.4) is 0 Å². The molecule has 3 heterocycles. The zero-order valence-corrected chi connectivity index (χ0v) is 27.1. The fraction of sp³-hybridized carbons (Fsp3) is 0.500. The summed E-state index contributed by atoms with van der Waals surface area (Å²) in [4.78, 5) is 2.49. The maximum absolute atomic E-state index is 11.2. The Kier molecular flexibility index (Phi) is 9.63. The summed E-state index contributed by atoms with van der Waals surface area (Å²) < 4.78 is 31.1. The summed E-state index contributed by atoms with van der Waals surface area (Å²) in [5, 5.41) is 15.3. The molecule has 0 amide bonds. The van der Waals surface area contributed by atoms with E-state index in [1.165, 1.54) is 5.56 Å². The Labute approximate surface area is 262 Å². The zero-order valence-electron chi connectivity index (χ0n) is 27.1. The normalized spacial score (nSPS) is 25.4. The van der Waals surface area contributed by atoms with Crippen LogP contribution in [0.2, 0.25) is 0 Å². The van der Waals surface area contributed by atoms with Gasteiger partial charge in [-0.1, -0.05) is 51.0 Å². The van der Waals surface area contributed by atoms with Crippen LogP contribution in [0.15, 0.2) is 44.0 Å². The predicted octanol–water partition coefficient (Wildman–Crippen LogP) is 5.88. The largest absolute Gasteiger partial charge is 0.493 e. The van der Waals surface area contributed by atoms with Gasteiger partial charge in [0.15, 0.2) is 23.0 Å². The molecule has 2 N–H and O–H groups in total. The standard InChI is InChI=1S/C36H48N2O6/c1-10-13-42-33-22(6)34(41-9)35(43-14-11-2)29-25(33)18-27-31-30-24(16-21(5)32(40-8)36(30)44-15-12-3)20(4)17-26(37-31)23(7)38(27)28(29)19-39/h10-12,16,20,23,26-28,31,37,39H,1-3,13-15,17-19H2,4-9H3. The third kappa shape index (κ3) is 5.17. The molecular formula is C36H48N2O6. The Morgan fingerprint density at radius 2 is 1.48 bits per heavy atom. The van der Waals surface area contributed by atoms with Crippen molar-refractivity contribution in [1.82, 2.24) is 10.2 Å². The smallest absolute Gasteiger partial charge is 0.167 e. The van der Waals surface area contributed by atoms with Gasteiger partial charge < -0.3 is 34.1 Å². The number of ether oxygens (including phenoxy) is 5. The summed E-state index contributed by atoms with van der Waals surface area (Å²) in [5.41, 5.74) is 6.22. The van der Waals surface area contributed by atoms with Crippen LogP contribution in [0.5, 0.6) is 28.7 Å². The average molecular weight is 605 g/mol. The van der Waals surface area contributed by atoms with E-state index in [-0.39, 0.29) is 42.7 Å². The Balaban J connectivity index is 1.79. The highest BCUT2D eigenvalue weighted by atomic mass is 16.5. The highest BCUT2D eigenvalue weighted by Gasteiger charge is 2.52. The number of nitrogens with zero attached hydrogens (tertiary/aromatic N) is 1. The lowest BCUT2D eigenvalue weighted by Crippen LogP contribution is -2.65. The van der Waals surface area contributed by atoms with E-state index in [1.807, 2.05) is 6.92 Å². The van der Waals surface area contributed by atoms with Gasteiger partial charge in [-0.05, 0) is 50.7 Å². The second kappa shape index (κ2) is 13.3. The number of benzene rings is 2. The van der Waals surface area contributed by atoms with Crippen molar-refractivity contribution >= 4 is 0 Å². The minimum Gasteiger partial charge on any atom is -0.493 e. The first-order valence-corrected chi connectivity index (χ1v) is 15.6. The summed E-state index contributed by atoms with van der Waals surface area (Å²) in [5.74, 6) is 3.79. The number of hydrogen-bond donors (Lipinski definition) is 2. The van der Waals surface area contributed by atoms with Gasteiger partial charge in [0.1, 0.15) is 25.6 Å². The molecule has 1 fully saturated rings. The van der Waals surface area contributed by atoms with E-state index >= 15 is 0 Å². The number of rotatable bonds is 12. The molecule has 44 heavy (non-hydrogen) atoms. The molecule has 8 nitrogen and oxygen atoms in total. The van der Waals surface area contributed by atoms with Crippen molar-refractivity contribution in [3.8, 4) is 28.7 Å². The summed E-state index contributed by atoms with van der Waals surface area (Å²) in [6.07, 6.45) is 6.84. The molecule has 238 valence electrons. The lowest BCUT2D eigenvalue weighted by molar-refractivity contribution is -0.0294. The summed E-state index contributed by atoms with van der Waals surface area (Å²) in [6.45, 7) is 21.2. The highest BCUT2D eigenvalue weighted by molar-refractivity contribution is 5.66. The van der Waals surface area contributed by atoms with Gasteiger partial charge in [0, 0.05) is 40.4 Å². The van der Waals surface area contributed by atoms with Gasteiger partial charge in [0.05, 0.1) is 32.9 Å². The van der Waals surface area contributed by atoms with Crippen LogP contribution in [-0.4, -0.2) is 68.8 Å². The predicted molar refractivity (Wildman–Crippen MR) is 174 cm³/mol. The maximum atomic E-state index is 11.2. The molecule has 6 unspecified atom stereocenters. The van der Waals surface area contributed by atoms with Crippen LogP contribution in [0, 0.1) is 13.8 Å². The van der Waals surface area contributed by atoms with Crippen molar-refractivity contribution in [3.05, 3.63) is 77.4 Å². The first kappa shape index (κ1) is 31.9. The fourth-order valence-corrected chi connectivity index (χ4v) is 7.88. The molecule has 3 aliphatic heterocycles. The quantitative estimate of drug-likeness (QED) is 0.291. The van der Waals surface area contributed by atoms with Crippen LogP contribution in [0.25, 0.3) is 0 Å². The number of aliphatic hydroxyl groups excluding tert-OH is 1. The first-order valence-electron chi connectivity index (χ1n) is 15.6. The van der Waals surface area contributed by atoms with Gasteiger partial charge in [0.25, 0.3) is 0 Å². The van der Waals surface area contributed by atoms with E-state index in [4.69, 9.17) is 23.7 Å². The van der Waals surface area contributed by atoms with Crippen LogP contribution in [-0.2, 0) is 6.42 Å². The zero-order chi connectivity index (χ0) is 31.7. The molecular weight excluding hydrogens is 556 g/mol. The van der Waals surface area contributed by atoms with Gasteiger partial charge in [0.2, 0.25) is 0 Å². The van der Waals surface area contributed by atoms with Crippen LogP contribution < -0.4 is 29.0 Å². The molecule has 2 aromatic rings. The third-order valence-corrected chi connectivity index (χ3v) is 9.61. The number of methoxy groups -OCH3 is 2. The Morgan fingerprint density at radius 1 is 0.886 bits per heavy atom. The van der Waals surface area contributed by atoms with E-state index < -0.39 is 0 Å². The summed E-state index contributed by atoms with van der Waals surface area (Å²) in [6, 6.07) is 2.09. The number of fused-ring (bicyclic) bond motifs is 7. The number of aliphatic hydroxyl groups is 1. The van der Waals surface area contributed by atoms with Gasteiger partial charge in [-0.25, -0.2) is 0 Å². The molecule has 0 aliphatic carbocycles. The topological polar surface area (TPSA) is 81.7 Å². The molecule has 3 aliphatic rings. The molecule has 6 atom stereocenters. The van der Waals surface area contributed by atoms with Crippen molar-refractivity contribution in [3.63, 3.8) is 0 Å². The monoisotopic (exact) mass is 604 g/mol. The molecule has 1 saturated heterocycles. The van der Waals surface area contributed by atoms with Gasteiger partial charge >= 0.3 is 0 Å². The van der Waals surface area contributed by atoms with Crippen molar-refractivity contribution in [2.24, 2.45) is 0 Å². The Morgan fingerprint density at radius 3 is 2.05 bits per heavy atom. The third-order valence-electron chi connectivity index (χ3n) is 9.61. The van der Waals surface area contributed by atoms with Crippen molar-refractivity contribution in [1.29, 1.82) is 0 Å². The van der Waals surface area contributed by atoms with Crippen LogP contribution in [0.4, 0.5) is 0 Å². The molecule has 2 aromatic carbocycles. The van der Waals surface area contributed by atoms with Crippen molar-refractivity contribution < 1.29 is 28.8 Å². The molecule has 5 rings (SSSR count). The van der Waals surface area contributed by atoms with Gasteiger partial charge in [-0.3, -0.25) is 4.90 Å². The lowest BCUT2D eigenvalue weighted by Gasteiger charge is -2.55. The highest BCUT2D eigenvalue weighted by Crippen LogP contribution is 2.56. The van der Waals surface area contributed by atoms with Crippen molar-refractivity contribution in [2.45, 2.75) is 76.7 Å². The fourth-order valence-electron chi connectivity index (χ4n) is 7.88. The SMILES string of the molecule is C=CCOc1c(C)c(OC)c(OCC=C)c2c1CC1C3NC(CC(C)c4cc(C)c(OC)c(OCC=C)c43)C(C)N1C2CO. The van der Waals surface area contributed by atoms with E-state index in [0.717, 1.165) is 51.5 Å². The Bertz CT molecular complexity index is 1420. The molecule has 8 heteroatoms. The molecule has 0 saturated carbocycles. The molecule has 2 bridgehead atoms. The van der Waals surface area contributed by atoms with E-state index in [0.29, 0.717) is 37.7 Å². The maximum Gasteiger partial charge on any atom is 0.167 e. The second-order valence-electron chi connectivity index (χ2n) is 12.1. The van der Waals surface area contributed by atoms with Crippen LogP contribution in [0.1, 0.15) is 71.7 Å². The second-order valence-corrected chi connectivity index (χ2v) is 12.1. The average Bonchev–Trinajstić information content (AvgIpc) is 3.14. The summed E-state index contributed by atoms with van der Waals surface area (Å²) in [7, 11) is 3.34. The lowest BCUT2D eigenvalue weighted by atomic mass is 9.77. The molecule has 0 spiro atoms. The van der Waals surface area contributed by atoms with E-state index in [2.05, 4.69) is 56.8 Å². The minimum atomic E-state index is -0.354. The number of aryl methyl sites for hydroxylation is 1. The van der Waals surface area contributed by atoms with E-state index in [9.17, 15) is 5.11 Å². The minimum absolute atomic E-state index is 0.0282.